The monoisotopic (exact) mass is 277 g/mol. The van der Waals surface area contributed by atoms with Gasteiger partial charge in [-0.15, -0.1) is 0 Å². The van der Waals surface area contributed by atoms with E-state index >= 15 is 0 Å². The van der Waals surface area contributed by atoms with Crippen LogP contribution in [0.3, 0.4) is 0 Å². The average molecular weight is 277 g/mol. The van der Waals surface area contributed by atoms with E-state index in [-0.39, 0.29) is 5.92 Å². The molecule has 1 aliphatic carbocycles. The Labute approximate surface area is 124 Å². The minimum Gasteiger partial charge on any atom is -0.301 e. The van der Waals surface area contributed by atoms with Crippen molar-refractivity contribution in [3.05, 3.63) is 0 Å². The van der Waals surface area contributed by atoms with Gasteiger partial charge in [-0.3, -0.25) is 4.90 Å². The molecule has 2 rings (SSSR count). The molecule has 0 aromatic heterocycles. The number of piperazine rings is 1. The van der Waals surface area contributed by atoms with Crippen LogP contribution in [0.25, 0.3) is 0 Å². The minimum absolute atomic E-state index is 0.252. The van der Waals surface area contributed by atoms with Gasteiger partial charge in [-0.05, 0) is 37.1 Å². The molecule has 0 aromatic rings. The second-order valence-electron chi connectivity index (χ2n) is 7.65. The van der Waals surface area contributed by atoms with E-state index in [0.29, 0.717) is 11.5 Å². The summed E-state index contributed by atoms with van der Waals surface area (Å²) in [7, 11) is 0. The van der Waals surface area contributed by atoms with Crippen molar-refractivity contribution in [3.63, 3.8) is 0 Å². The maximum absolute atomic E-state index is 9.49. The molecule has 1 saturated heterocycles. The molecule has 2 fully saturated rings. The number of likely N-dealkylation sites (N-methyl/N-ethyl adjacent to an activating group) is 1. The molecule has 114 valence electrons. The molecule has 1 heterocycles. The Morgan fingerprint density at radius 3 is 2.25 bits per heavy atom. The highest BCUT2D eigenvalue weighted by molar-refractivity contribution is 5.00. The summed E-state index contributed by atoms with van der Waals surface area (Å²) in [6, 6.07) is 3.09. The smallest absolute Gasteiger partial charge is 0.0672 e. The molecule has 0 radical (unpaired) electrons. The molecule has 0 amide bonds. The van der Waals surface area contributed by atoms with Gasteiger partial charge < -0.3 is 4.90 Å². The Bertz CT molecular complexity index is 344. The van der Waals surface area contributed by atoms with E-state index < -0.39 is 0 Å². The van der Waals surface area contributed by atoms with Gasteiger partial charge in [0.2, 0.25) is 0 Å². The van der Waals surface area contributed by atoms with E-state index in [1.807, 2.05) is 0 Å². The largest absolute Gasteiger partial charge is 0.301 e. The summed E-state index contributed by atoms with van der Waals surface area (Å²) in [6.45, 7) is 15.1. The van der Waals surface area contributed by atoms with Gasteiger partial charge in [0, 0.05) is 32.2 Å². The Balaban J connectivity index is 2.01. The lowest BCUT2D eigenvalue weighted by Gasteiger charge is -2.46. The average Bonchev–Trinajstić information content (AvgIpc) is 2.45. The van der Waals surface area contributed by atoms with Gasteiger partial charge in [0.25, 0.3) is 0 Å². The predicted octanol–water partition coefficient (Wildman–Crippen LogP) is 2.98. The van der Waals surface area contributed by atoms with Gasteiger partial charge >= 0.3 is 0 Å². The van der Waals surface area contributed by atoms with E-state index in [9.17, 15) is 5.26 Å². The third-order valence-electron chi connectivity index (χ3n) is 5.53. The van der Waals surface area contributed by atoms with E-state index in [1.54, 1.807) is 0 Å². The zero-order valence-electron chi connectivity index (χ0n) is 13.7. The van der Waals surface area contributed by atoms with Crippen molar-refractivity contribution in [1.29, 1.82) is 5.26 Å². The molecule has 20 heavy (non-hydrogen) atoms. The molecule has 0 bridgehead atoms. The second kappa shape index (κ2) is 6.45. The third-order valence-corrected chi connectivity index (χ3v) is 5.53. The van der Waals surface area contributed by atoms with Crippen molar-refractivity contribution in [2.75, 3.05) is 32.7 Å². The van der Waals surface area contributed by atoms with Crippen molar-refractivity contribution in [3.8, 4) is 6.07 Å². The standard InChI is InChI=1S/C17H31N3/c1-5-19-8-10-20(11-9-19)16-12-15(17(2,3)4)7-6-14(16)13-18/h14-16H,5-12H2,1-4H3. The summed E-state index contributed by atoms with van der Waals surface area (Å²) < 4.78 is 0. The van der Waals surface area contributed by atoms with Crippen LogP contribution >= 0.6 is 0 Å². The van der Waals surface area contributed by atoms with Crippen molar-refractivity contribution < 1.29 is 0 Å². The summed E-state index contributed by atoms with van der Waals surface area (Å²) in [6.07, 6.45) is 3.54. The first kappa shape index (κ1) is 15.8. The van der Waals surface area contributed by atoms with Gasteiger partial charge in [0.15, 0.2) is 0 Å². The lowest BCUT2D eigenvalue weighted by Crippen LogP contribution is -2.54. The van der Waals surface area contributed by atoms with Crippen molar-refractivity contribution >= 4 is 0 Å². The van der Waals surface area contributed by atoms with Gasteiger partial charge in [-0.2, -0.15) is 5.26 Å². The van der Waals surface area contributed by atoms with Crippen molar-refractivity contribution in [2.24, 2.45) is 17.3 Å². The maximum atomic E-state index is 9.49. The first-order valence-electron chi connectivity index (χ1n) is 8.31. The predicted molar refractivity (Wildman–Crippen MR) is 83.4 cm³/mol. The summed E-state index contributed by atoms with van der Waals surface area (Å²) in [5, 5.41) is 9.49. The van der Waals surface area contributed by atoms with Crippen LogP contribution in [0.2, 0.25) is 0 Å². The minimum atomic E-state index is 0.252. The Kier molecular flexibility index (Phi) is 5.09. The molecule has 3 atom stereocenters. The van der Waals surface area contributed by atoms with Crippen LogP contribution in [-0.4, -0.2) is 48.6 Å². The van der Waals surface area contributed by atoms with Gasteiger partial charge in [-0.25, -0.2) is 0 Å². The summed E-state index contributed by atoms with van der Waals surface area (Å²) in [4.78, 5) is 5.12. The van der Waals surface area contributed by atoms with E-state index in [4.69, 9.17) is 0 Å². The lowest BCUT2D eigenvalue weighted by atomic mass is 9.67. The highest BCUT2D eigenvalue weighted by Crippen LogP contribution is 2.41. The Hall–Kier alpha value is -0.590. The number of nitrogens with zero attached hydrogens (tertiary/aromatic N) is 3. The molecule has 2 aliphatic rings. The fourth-order valence-corrected chi connectivity index (χ4v) is 3.90. The lowest BCUT2D eigenvalue weighted by molar-refractivity contribution is 0.0289. The molecule has 0 aromatic carbocycles. The van der Waals surface area contributed by atoms with Crippen LogP contribution < -0.4 is 0 Å². The van der Waals surface area contributed by atoms with Crippen LogP contribution in [0, 0.1) is 28.6 Å². The highest BCUT2D eigenvalue weighted by atomic mass is 15.3. The first-order valence-corrected chi connectivity index (χ1v) is 8.31. The second-order valence-corrected chi connectivity index (χ2v) is 7.65. The van der Waals surface area contributed by atoms with Crippen LogP contribution in [0.4, 0.5) is 0 Å². The zero-order chi connectivity index (χ0) is 14.8. The summed E-state index contributed by atoms with van der Waals surface area (Å²) in [5.41, 5.74) is 0.379. The van der Waals surface area contributed by atoms with Crippen LogP contribution in [-0.2, 0) is 0 Å². The van der Waals surface area contributed by atoms with E-state index in [0.717, 1.165) is 32.0 Å². The van der Waals surface area contributed by atoms with Crippen LogP contribution in [0.5, 0.6) is 0 Å². The molecule has 1 aliphatic heterocycles. The Morgan fingerprint density at radius 2 is 1.75 bits per heavy atom. The summed E-state index contributed by atoms with van der Waals surface area (Å²) in [5.74, 6) is 1.02. The first-order chi connectivity index (χ1) is 9.45. The highest BCUT2D eigenvalue weighted by Gasteiger charge is 2.39. The van der Waals surface area contributed by atoms with E-state index in [2.05, 4.69) is 43.6 Å². The zero-order valence-corrected chi connectivity index (χ0v) is 13.7. The fraction of sp³-hybridized carbons (Fsp3) is 0.941. The summed E-state index contributed by atoms with van der Waals surface area (Å²) >= 11 is 0. The van der Waals surface area contributed by atoms with Gasteiger partial charge in [-0.1, -0.05) is 27.7 Å². The number of rotatable bonds is 2. The van der Waals surface area contributed by atoms with Crippen LogP contribution in [0.1, 0.15) is 47.0 Å². The number of hydrogen-bond acceptors (Lipinski definition) is 3. The SMILES string of the molecule is CCN1CCN(C2CC(C(C)(C)C)CCC2C#N)CC1. The van der Waals surface area contributed by atoms with Crippen LogP contribution in [0.15, 0.2) is 0 Å². The number of nitriles is 1. The molecule has 0 spiro atoms. The fourth-order valence-electron chi connectivity index (χ4n) is 3.90. The van der Waals surface area contributed by atoms with E-state index in [1.165, 1.54) is 25.9 Å². The molecule has 3 nitrogen and oxygen atoms in total. The molecule has 3 heteroatoms. The third kappa shape index (κ3) is 3.54. The normalized spacial score (nSPS) is 33.9. The molecule has 0 N–H and O–H groups in total. The number of hydrogen-bond donors (Lipinski definition) is 0. The molecule has 1 saturated carbocycles. The topological polar surface area (TPSA) is 30.3 Å². The quantitative estimate of drug-likeness (QED) is 0.777. The molecular weight excluding hydrogens is 246 g/mol. The Morgan fingerprint density at radius 1 is 1.10 bits per heavy atom. The maximum Gasteiger partial charge on any atom is 0.0672 e. The van der Waals surface area contributed by atoms with Gasteiger partial charge in [0.1, 0.15) is 0 Å². The van der Waals surface area contributed by atoms with Crippen molar-refractivity contribution in [2.45, 2.75) is 53.0 Å². The molecular formula is C17H31N3. The molecule has 3 unspecified atom stereocenters. The van der Waals surface area contributed by atoms with Gasteiger partial charge in [0.05, 0.1) is 12.0 Å². The van der Waals surface area contributed by atoms with Crippen molar-refractivity contribution in [1.82, 2.24) is 9.80 Å².